The quantitative estimate of drug-likeness (QED) is 0.639. The van der Waals surface area contributed by atoms with Crippen LogP contribution in [0.5, 0.6) is 0 Å². The average Bonchev–Trinajstić information content (AvgIpc) is 2.17. The monoisotopic (exact) mass is 165 g/mol. The van der Waals surface area contributed by atoms with Crippen molar-refractivity contribution in [3.8, 4) is 0 Å². The summed E-state index contributed by atoms with van der Waals surface area (Å²) in [6.07, 6.45) is 1.61. The first-order valence-corrected chi connectivity index (χ1v) is 3.64. The molecule has 12 heavy (non-hydrogen) atoms. The molecule has 4 heteroatoms. The van der Waals surface area contributed by atoms with Crippen LogP contribution in [0.2, 0.25) is 0 Å². The van der Waals surface area contributed by atoms with Crippen LogP contribution in [0.25, 0.3) is 0 Å². The van der Waals surface area contributed by atoms with Crippen molar-refractivity contribution in [2.75, 3.05) is 7.05 Å². The fraction of sp³-hybridized carbons (Fsp3) is 0.250. The van der Waals surface area contributed by atoms with Crippen LogP contribution in [0.1, 0.15) is 11.7 Å². The molecule has 1 amide bonds. The zero-order chi connectivity index (χ0) is 8.97. The summed E-state index contributed by atoms with van der Waals surface area (Å²) in [7, 11) is 1.55. The van der Waals surface area contributed by atoms with E-state index in [0.717, 1.165) is 0 Å². The van der Waals surface area contributed by atoms with Crippen molar-refractivity contribution in [3.05, 3.63) is 30.1 Å². The van der Waals surface area contributed by atoms with Crippen LogP contribution in [0.4, 0.5) is 0 Å². The van der Waals surface area contributed by atoms with E-state index in [-0.39, 0.29) is 5.91 Å². The number of nitrogens with zero attached hydrogens (tertiary/aromatic N) is 1. The lowest BCUT2D eigenvalue weighted by Gasteiger charge is -2.07. The van der Waals surface area contributed by atoms with Crippen LogP contribution in [0.3, 0.4) is 0 Å². The molecule has 0 saturated heterocycles. The van der Waals surface area contributed by atoms with Gasteiger partial charge in [0.15, 0.2) is 0 Å². The van der Waals surface area contributed by atoms with Gasteiger partial charge in [0.25, 0.3) is 0 Å². The van der Waals surface area contributed by atoms with E-state index in [0.29, 0.717) is 5.69 Å². The zero-order valence-corrected chi connectivity index (χ0v) is 6.82. The van der Waals surface area contributed by atoms with Crippen LogP contribution in [0, 0.1) is 0 Å². The second kappa shape index (κ2) is 3.82. The average molecular weight is 165 g/mol. The van der Waals surface area contributed by atoms with Gasteiger partial charge in [-0.25, -0.2) is 0 Å². The SMILES string of the molecule is CNC(=O)C(N)c1ccccn1. The molecule has 1 aromatic rings. The van der Waals surface area contributed by atoms with Gasteiger partial charge in [0.2, 0.25) is 5.91 Å². The van der Waals surface area contributed by atoms with Crippen molar-refractivity contribution in [2.45, 2.75) is 6.04 Å². The van der Waals surface area contributed by atoms with Gasteiger partial charge in [-0.3, -0.25) is 9.78 Å². The number of rotatable bonds is 2. The Kier molecular flexibility index (Phi) is 2.76. The molecule has 1 aromatic heterocycles. The Hall–Kier alpha value is -1.42. The maximum atomic E-state index is 11.0. The van der Waals surface area contributed by atoms with Gasteiger partial charge >= 0.3 is 0 Å². The normalized spacial score (nSPS) is 12.2. The highest BCUT2D eigenvalue weighted by Crippen LogP contribution is 2.04. The van der Waals surface area contributed by atoms with Crippen molar-refractivity contribution in [2.24, 2.45) is 5.73 Å². The lowest BCUT2D eigenvalue weighted by Crippen LogP contribution is -2.31. The molecule has 1 atom stereocenters. The molecule has 0 spiro atoms. The zero-order valence-electron chi connectivity index (χ0n) is 6.82. The van der Waals surface area contributed by atoms with E-state index in [1.54, 1.807) is 31.4 Å². The molecule has 0 aliphatic heterocycles. The molecule has 0 aliphatic rings. The van der Waals surface area contributed by atoms with Gasteiger partial charge in [-0.1, -0.05) is 6.07 Å². The summed E-state index contributed by atoms with van der Waals surface area (Å²) in [5, 5.41) is 2.46. The summed E-state index contributed by atoms with van der Waals surface area (Å²) in [5.74, 6) is -0.228. The van der Waals surface area contributed by atoms with Crippen LogP contribution in [-0.2, 0) is 4.79 Å². The number of aromatic nitrogens is 1. The van der Waals surface area contributed by atoms with Crippen LogP contribution in [-0.4, -0.2) is 17.9 Å². The predicted molar refractivity (Wildman–Crippen MR) is 45.2 cm³/mol. The third-order valence-electron chi connectivity index (χ3n) is 1.54. The molecule has 0 aromatic carbocycles. The van der Waals surface area contributed by atoms with E-state index in [2.05, 4.69) is 10.3 Å². The standard InChI is InChI=1S/C8H11N3O/c1-10-8(12)7(9)6-4-2-3-5-11-6/h2-5,7H,9H2,1H3,(H,10,12). The number of carbonyl (C=O) groups excluding carboxylic acids is 1. The predicted octanol–water partition coefficient (Wildman–Crippen LogP) is -0.173. The molecule has 64 valence electrons. The Morgan fingerprint density at radius 3 is 2.92 bits per heavy atom. The van der Waals surface area contributed by atoms with E-state index >= 15 is 0 Å². The molecule has 3 N–H and O–H groups in total. The van der Waals surface area contributed by atoms with E-state index in [1.165, 1.54) is 0 Å². The third-order valence-corrected chi connectivity index (χ3v) is 1.54. The Balaban J connectivity index is 2.78. The molecular weight excluding hydrogens is 154 g/mol. The number of pyridine rings is 1. The minimum absolute atomic E-state index is 0.228. The van der Waals surface area contributed by atoms with Crippen LogP contribution >= 0.6 is 0 Å². The topological polar surface area (TPSA) is 68.0 Å². The highest BCUT2D eigenvalue weighted by molar-refractivity contribution is 5.82. The van der Waals surface area contributed by atoms with E-state index in [9.17, 15) is 4.79 Å². The maximum absolute atomic E-state index is 11.0. The molecular formula is C8H11N3O. The molecule has 0 bridgehead atoms. The minimum Gasteiger partial charge on any atom is -0.357 e. The van der Waals surface area contributed by atoms with Crippen molar-refractivity contribution in [1.82, 2.24) is 10.3 Å². The Bertz CT molecular complexity index is 260. The van der Waals surface area contributed by atoms with E-state index in [4.69, 9.17) is 5.73 Å². The number of likely N-dealkylation sites (N-methyl/N-ethyl adjacent to an activating group) is 1. The Morgan fingerprint density at radius 1 is 1.67 bits per heavy atom. The second-order valence-corrected chi connectivity index (χ2v) is 2.35. The van der Waals surface area contributed by atoms with Gasteiger partial charge < -0.3 is 11.1 Å². The number of carbonyl (C=O) groups is 1. The first-order chi connectivity index (χ1) is 5.75. The molecule has 4 nitrogen and oxygen atoms in total. The highest BCUT2D eigenvalue weighted by atomic mass is 16.2. The Labute approximate surface area is 70.8 Å². The fourth-order valence-electron chi connectivity index (χ4n) is 0.850. The van der Waals surface area contributed by atoms with Gasteiger partial charge in [0.1, 0.15) is 6.04 Å². The third kappa shape index (κ3) is 1.79. The van der Waals surface area contributed by atoms with Gasteiger partial charge in [-0.15, -0.1) is 0 Å². The summed E-state index contributed by atoms with van der Waals surface area (Å²) in [6.45, 7) is 0. The largest absolute Gasteiger partial charge is 0.357 e. The molecule has 1 rings (SSSR count). The summed E-state index contributed by atoms with van der Waals surface area (Å²) in [5.41, 5.74) is 6.15. The summed E-state index contributed by atoms with van der Waals surface area (Å²) in [6, 6.07) is 4.63. The smallest absolute Gasteiger partial charge is 0.242 e. The molecule has 0 fully saturated rings. The summed E-state index contributed by atoms with van der Waals surface area (Å²) in [4.78, 5) is 15.0. The molecule has 0 saturated carbocycles. The number of nitrogens with one attached hydrogen (secondary N) is 1. The highest BCUT2D eigenvalue weighted by Gasteiger charge is 2.13. The summed E-state index contributed by atoms with van der Waals surface area (Å²) < 4.78 is 0. The molecule has 1 heterocycles. The summed E-state index contributed by atoms with van der Waals surface area (Å²) >= 11 is 0. The van der Waals surface area contributed by atoms with Crippen LogP contribution < -0.4 is 11.1 Å². The Morgan fingerprint density at radius 2 is 2.42 bits per heavy atom. The second-order valence-electron chi connectivity index (χ2n) is 2.35. The van der Waals surface area contributed by atoms with E-state index in [1.807, 2.05) is 0 Å². The lowest BCUT2D eigenvalue weighted by atomic mass is 10.2. The fourth-order valence-corrected chi connectivity index (χ4v) is 0.850. The van der Waals surface area contributed by atoms with Crippen LogP contribution in [0.15, 0.2) is 24.4 Å². The maximum Gasteiger partial charge on any atom is 0.242 e. The van der Waals surface area contributed by atoms with E-state index < -0.39 is 6.04 Å². The molecule has 1 unspecified atom stereocenters. The lowest BCUT2D eigenvalue weighted by molar-refractivity contribution is -0.122. The number of nitrogens with two attached hydrogens (primary N) is 1. The van der Waals surface area contributed by atoms with Crippen molar-refractivity contribution in [1.29, 1.82) is 0 Å². The first-order valence-electron chi connectivity index (χ1n) is 3.64. The van der Waals surface area contributed by atoms with Gasteiger partial charge in [-0.05, 0) is 12.1 Å². The van der Waals surface area contributed by atoms with Crippen molar-refractivity contribution < 1.29 is 4.79 Å². The van der Waals surface area contributed by atoms with Crippen molar-refractivity contribution >= 4 is 5.91 Å². The number of hydrogen-bond donors (Lipinski definition) is 2. The minimum atomic E-state index is -0.670. The van der Waals surface area contributed by atoms with Crippen molar-refractivity contribution in [3.63, 3.8) is 0 Å². The first kappa shape index (κ1) is 8.67. The van der Waals surface area contributed by atoms with Gasteiger partial charge in [0, 0.05) is 13.2 Å². The number of hydrogen-bond acceptors (Lipinski definition) is 3. The van der Waals surface area contributed by atoms with Gasteiger partial charge in [0.05, 0.1) is 5.69 Å². The van der Waals surface area contributed by atoms with Gasteiger partial charge in [-0.2, -0.15) is 0 Å². The molecule has 0 radical (unpaired) electrons. The number of amides is 1. The molecule has 0 aliphatic carbocycles.